The molecule has 1 N–H and O–H groups in total. The molecular weight excluding hydrogens is 489 g/mol. The highest BCUT2D eigenvalue weighted by molar-refractivity contribution is 5.96. The molecule has 8 nitrogen and oxygen atoms in total. The topological polar surface area (TPSA) is 93.7 Å². The zero-order chi connectivity index (χ0) is 26.6. The second-order valence-corrected chi connectivity index (χ2v) is 8.49. The summed E-state index contributed by atoms with van der Waals surface area (Å²) in [6.45, 7) is 0.516. The molecule has 4 rings (SSSR count). The van der Waals surface area contributed by atoms with Crippen molar-refractivity contribution in [2.45, 2.75) is 24.6 Å². The van der Waals surface area contributed by atoms with E-state index in [0.717, 1.165) is 24.0 Å². The fourth-order valence-electron chi connectivity index (χ4n) is 4.45. The molecule has 2 aromatic heterocycles. The Labute approximate surface area is 211 Å². The number of ether oxygens (including phenoxy) is 2. The number of amides is 2. The third kappa shape index (κ3) is 5.65. The number of piperidine rings is 1. The number of halogens is 3. The van der Waals surface area contributed by atoms with Crippen LogP contribution in [0.15, 0.2) is 61.1 Å². The SMILES string of the molecule is COc1cc(C(=O)N2CC[C@@H](NC(=O)c3cnccc3C(F)(F)F)[C@@H](c3ccccc3)C2)cnc1OC. The van der Waals surface area contributed by atoms with Gasteiger partial charge in [-0.1, -0.05) is 30.3 Å². The van der Waals surface area contributed by atoms with E-state index in [1.807, 2.05) is 30.3 Å². The molecule has 3 heterocycles. The largest absolute Gasteiger partial charge is 0.491 e. The second-order valence-electron chi connectivity index (χ2n) is 8.49. The number of methoxy groups -OCH3 is 2. The van der Waals surface area contributed by atoms with Gasteiger partial charge in [-0.15, -0.1) is 0 Å². The summed E-state index contributed by atoms with van der Waals surface area (Å²) in [5.74, 6) is -0.953. The summed E-state index contributed by atoms with van der Waals surface area (Å²) >= 11 is 0. The number of carbonyl (C=O) groups excluding carboxylic acids is 2. The Kier molecular flexibility index (Phi) is 7.61. The Hall–Kier alpha value is -4.15. The summed E-state index contributed by atoms with van der Waals surface area (Å²) in [5, 5.41) is 2.76. The van der Waals surface area contributed by atoms with Crippen LogP contribution in [-0.4, -0.2) is 60.0 Å². The predicted molar refractivity (Wildman–Crippen MR) is 128 cm³/mol. The summed E-state index contributed by atoms with van der Waals surface area (Å²) in [7, 11) is 2.89. The van der Waals surface area contributed by atoms with Crippen LogP contribution in [0.3, 0.4) is 0 Å². The quantitative estimate of drug-likeness (QED) is 0.536. The third-order valence-corrected chi connectivity index (χ3v) is 6.29. The third-order valence-electron chi connectivity index (χ3n) is 6.29. The first-order valence-electron chi connectivity index (χ1n) is 11.5. The number of benzene rings is 1. The highest BCUT2D eigenvalue weighted by atomic mass is 19.4. The maximum Gasteiger partial charge on any atom is 0.417 e. The summed E-state index contributed by atoms with van der Waals surface area (Å²) in [4.78, 5) is 35.7. The fourth-order valence-corrected chi connectivity index (χ4v) is 4.45. The van der Waals surface area contributed by atoms with Crippen LogP contribution in [0.4, 0.5) is 13.2 Å². The van der Waals surface area contributed by atoms with Gasteiger partial charge in [0, 0.05) is 49.7 Å². The number of hydrogen-bond donors (Lipinski definition) is 1. The number of alkyl halides is 3. The lowest BCUT2D eigenvalue weighted by atomic mass is 9.85. The molecule has 0 saturated carbocycles. The first kappa shape index (κ1) is 25.9. The lowest BCUT2D eigenvalue weighted by Gasteiger charge is -2.39. The van der Waals surface area contributed by atoms with E-state index in [-0.39, 0.29) is 30.8 Å². The molecule has 1 aliphatic rings. The fraction of sp³-hybridized carbons (Fsp3) is 0.308. The molecule has 1 aliphatic heterocycles. The first-order valence-corrected chi connectivity index (χ1v) is 11.5. The molecule has 1 fully saturated rings. The molecule has 0 spiro atoms. The Morgan fingerprint density at radius 3 is 2.51 bits per heavy atom. The van der Waals surface area contributed by atoms with Crippen LogP contribution >= 0.6 is 0 Å². The lowest BCUT2D eigenvalue weighted by Crippen LogP contribution is -2.51. The smallest absolute Gasteiger partial charge is 0.417 e. The van der Waals surface area contributed by atoms with Crippen LogP contribution in [-0.2, 0) is 6.18 Å². The minimum atomic E-state index is -4.70. The van der Waals surface area contributed by atoms with E-state index in [1.54, 1.807) is 11.0 Å². The number of aromatic nitrogens is 2. The molecule has 1 saturated heterocycles. The van der Waals surface area contributed by atoms with Crippen molar-refractivity contribution in [2.24, 2.45) is 0 Å². The van der Waals surface area contributed by atoms with Crippen molar-refractivity contribution < 1.29 is 32.2 Å². The summed E-state index contributed by atoms with van der Waals surface area (Å²) < 4.78 is 50.8. The highest BCUT2D eigenvalue weighted by Crippen LogP contribution is 2.33. The molecule has 0 radical (unpaired) electrons. The Morgan fingerprint density at radius 1 is 1.08 bits per heavy atom. The van der Waals surface area contributed by atoms with E-state index in [4.69, 9.17) is 9.47 Å². The van der Waals surface area contributed by atoms with Gasteiger partial charge in [0.2, 0.25) is 0 Å². The summed E-state index contributed by atoms with van der Waals surface area (Å²) in [6, 6.07) is 11.0. The van der Waals surface area contributed by atoms with Gasteiger partial charge in [-0.05, 0) is 18.1 Å². The number of likely N-dealkylation sites (tertiary alicyclic amines) is 1. The normalized spacial score (nSPS) is 17.7. The van der Waals surface area contributed by atoms with E-state index < -0.39 is 29.3 Å². The molecule has 0 bridgehead atoms. The standard InChI is InChI=1S/C26H25F3N4O4/c1-36-22-12-17(13-31-24(22)37-2)25(35)33-11-9-21(19(15-33)16-6-4-3-5-7-16)32-23(34)18-14-30-10-8-20(18)26(27,28)29/h3-8,10,12-14,19,21H,9,11,15H2,1-2H3,(H,32,34)/t19-,21-/m1/s1. The van der Waals surface area contributed by atoms with Gasteiger partial charge in [-0.3, -0.25) is 14.6 Å². The van der Waals surface area contributed by atoms with Gasteiger partial charge in [-0.25, -0.2) is 4.98 Å². The van der Waals surface area contributed by atoms with Crippen molar-refractivity contribution in [3.8, 4) is 11.6 Å². The molecule has 37 heavy (non-hydrogen) atoms. The van der Waals surface area contributed by atoms with Crippen LogP contribution in [0, 0.1) is 0 Å². The Morgan fingerprint density at radius 2 is 1.84 bits per heavy atom. The molecule has 2 atom stereocenters. The number of nitrogens with one attached hydrogen (secondary N) is 1. The van der Waals surface area contributed by atoms with Crippen LogP contribution in [0.25, 0.3) is 0 Å². The molecule has 11 heteroatoms. The maximum absolute atomic E-state index is 13.5. The number of pyridine rings is 2. The van der Waals surface area contributed by atoms with E-state index >= 15 is 0 Å². The molecule has 0 unspecified atom stereocenters. The van der Waals surface area contributed by atoms with E-state index in [1.165, 1.54) is 20.4 Å². The predicted octanol–water partition coefficient (Wildman–Crippen LogP) is 3.94. The molecule has 1 aromatic carbocycles. The molecule has 0 aliphatic carbocycles. The van der Waals surface area contributed by atoms with Crippen molar-refractivity contribution in [3.63, 3.8) is 0 Å². The van der Waals surface area contributed by atoms with Gasteiger partial charge in [0.1, 0.15) is 0 Å². The van der Waals surface area contributed by atoms with Gasteiger partial charge < -0.3 is 19.7 Å². The number of hydrogen-bond acceptors (Lipinski definition) is 6. The molecule has 2 amide bonds. The van der Waals surface area contributed by atoms with Crippen molar-refractivity contribution in [2.75, 3.05) is 27.3 Å². The van der Waals surface area contributed by atoms with Crippen LogP contribution in [0.1, 0.15) is 44.2 Å². The minimum absolute atomic E-state index is 0.237. The van der Waals surface area contributed by atoms with Crippen molar-refractivity contribution >= 4 is 11.8 Å². The zero-order valence-electron chi connectivity index (χ0n) is 20.2. The molecule has 194 valence electrons. The average molecular weight is 515 g/mol. The van der Waals surface area contributed by atoms with Gasteiger partial charge >= 0.3 is 6.18 Å². The summed E-state index contributed by atoms with van der Waals surface area (Å²) in [5.41, 5.74) is -0.448. The lowest BCUT2D eigenvalue weighted by molar-refractivity contribution is -0.138. The Bertz CT molecular complexity index is 1270. The average Bonchev–Trinajstić information content (AvgIpc) is 2.92. The second kappa shape index (κ2) is 10.9. The van der Waals surface area contributed by atoms with Crippen LogP contribution in [0.2, 0.25) is 0 Å². The number of carbonyl (C=O) groups is 2. The maximum atomic E-state index is 13.5. The molecule has 3 aromatic rings. The zero-order valence-corrected chi connectivity index (χ0v) is 20.2. The highest BCUT2D eigenvalue weighted by Gasteiger charge is 2.38. The molecular formula is C26H25F3N4O4. The van der Waals surface area contributed by atoms with Crippen molar-refractivity contribution in [1.82, 2.24) is 20.2 Å². The monoisotopic (exact) mass is 514 g/mol. The Balaban J connectivity index is 1.58. The van der Waals surface area contributed by atoms with Crippen molar-refractivity contribution in [3.05, 3.63) is 83.3 Å². The van der Waals surface area contributed by atoms with Crippen LogP contribution in [0.5, 0.6) is 11.6 Å². The van der Waals surface area contributed by atoms with Gasteiger partial charge in [0.15, 0.2) is 5.75 Å². The van der Waals surface area contributed by atoms with Gasteiger partial charge in [0.25, 0.3) is 17.7 Å². The van der Waals surface area contributed by atoms with Gasteiger partial charge in [-0.2, -0.15) is 13.2 Å². The van der Waals surface area contributed by atoms with E-state index in [9.17, 15) is 22.8 Å². The van der Waals surface area contributed by atoms with Gasteiger partial charge in [0.05, 0.1) is 30.9 Å². The van der Waals surface area contributed by atoms with E-state index in [2.05, 4.69) is 15.3 Å². The van der Waals surface area contributed by atoms with E-state index in [0.29, 0.717) is 17.7 Å². The number of nitrogens with zero attached hydrogens (tertiary/aromatic N) is 3. The van der Waals surface area contributed by atoms with Crippen molar-refractivity contribution in [1.29, 1.82) is 0 Å². The van der Waals surface area contributed by atoms with Crippen LogP contribution < -0.4 is 14.8 Å². The number of rotatable bonds is 6. The minimum Gasteiger partial charge on any atom is -0.491 e. The first-order chi connectivity index (χ1) is 17.7. The summed E-state index contributed by atoms with van der Waals surface area (Å²) in [6.07, 6.45) is -1.05.